The zero-order valence-electron chi connectivity index (χ0n) is 10.6. The van der Waals surface area contributed by atoms with Crippen molar-refractivity contribution in [2.75, 3.05) is 0 Å². The molecule has 0 atom stereocenters. The van der Waals surface area contributed by atoms with Gasteiger partial charge in [-0.15, -0.1) is 0 Å². The van der Waals surface area contributed by atoms with E-state index in [1.54, 1.807) is 0 Å². The van der Waals surface area contributed by atoms with E-state index >= 15 is 0 Å². The number of nitro groups is 1. The van der Waals surface area contributed by atoms with Gasteiger partial charge in [0.15, 0.2) is 0 Å². The van der Waals surface area contributed by atoms with Gasteiger partial charge in [0, 0.05) is 18.2 Å². The maximum absolute atomic E-state index is 11.1. The standard InChI is InChI=1S/C10H9NO4/c1-2-10(12)15-7-8-3-5-9(6-4-8)11(13)14/h2-6H,1,7H2/i1D2,2+1D,10+1. The van der Waals surface area contributed by atoms with Crippen LogP contribution in [0.1, 0.15) is 9.68 Å². The lowest BCUT2D eigenvalue weighted by Crippen LogP contribution is -2.00. The average molecular weight is 212 g/mol. The van der Waals surface area contributed by atoms with Crippen LogP contribution < -0.4 is 0 Å². The van der Waals surface area contributed by atoms with Gasteiger partial charge in [-0.2, -0.15) is 0 Å². The summed E-state index contributed by atoms with van der Waals surface area (Å²) in [6.45, 7) is -1.10. The molecule has 5 heteroatoms. The molecule has 0 fully saturated rings. The summed E-state index contributed by atoms with van der Waals surface area (Å²) in [6.07, 6.45) is 0. The molecule has 0 saturated carbocycles. The fourth-order valence-corrected chi connectivity index (χ4v) is 0.899. The number of carbonyl (C=O) groups excluding carboxylic acids is 1. The lowest BCUT2D eigenvalue weighted by Gasteiger charge is -2.01. The predicted octanol–water partition coefficient (Wildman–Crippen LogP) is 1.82. The second kappa shape index (κ2) is 4.90. The second-order valence-electron chi connectivity index (χ2n) is 2.62. The third kappa shape index (κ3) is 3.22. The molecule has 0 radical (unpaired) electrons. The average Bonchev–Trinajstić information content (AvgIpc) is 2.35. The van der Waals surface area contributed by atoms with Gasteiger partial charge < -0.3 is 4.74 Å². The number of ether oxygens (including phenoxy) is 1. The van der Waals surface area contributed by atoms with E-state index in [1.165, 1.54) is 24.3 Å². The molecule has 0 aliphatic heterocycles. The largest absolute Gasteiger partial charge is 0.458 e. The summed E-state index contributed by atoms with van der Waals surface area (Å²) in [5.41, 5.74) is 0.434. The number of rotatable bonds is 4. The van der Waals surface area contributed by atoms with Crippen LogP contribution in [0.3, 0.4) is 0 Å². The van der Waals surface area contributed by atoms with E-state index in [2.05, 4.69) is 4.74 Å². The molecule has 15 heavy (non-hydrogen) atoms. The first-order chi connectivity index (χ1) is 8.41. The molecule has 0 aromatic heterocycles. The molecule has 0 amide bonds. The number of non-ortho nitro benzene ring substituents is 1. The van der Waals surface area contributed by atoms with Crippen LogP contribution in [0.2, 0.25) is 0 Å². The third-order valence-electron chi connectivity index (χ3n) is 1.62. The molecule has 1 rings (SSSR count). The van der Waals surface area contributed by atoms with Crippen LogP contribution in [0.15, 0.2) is 36.8 Å². The quantitative estimate of drug-likeness (QED) is 0.251. The number of nitro benzene ring substituents is 1. The SMILES string of the molecule is [2H]C([2H])=[13C]([2H])[13C](=O)OCc1ccc([N+](=O)[O-])cc1. The number of benzene rings is 1. The van der Waals surface area contributed by atoms with E-state index in [0.29, 0.717) is 5.56 Å². The molecule has 0 heterocycles. The van der Waals surface area contributed by atoms with Crippen molar-refractivity contribution in [1.82, 2.24) is 0 Å². The van der Waals surface area contributed by atoms with Crippen molar-refractivity contribution in [1.29, 1.82) is 0 Å². The van der Waals surface area contributed by atoms with E-state index in [9.17, 15) is 14.9 Å². The van der Waals surface area contributed by atoms with Gasteiger partial charge in [0.05, 0.1) is 9.04 Å². The topological polar surface area (TPSA) is 69.4 Å². The summed E-state index contributed by atoms with van der Waals surface area (Å²) in [5.74, 6) is -1.08. The monoisotopic (exact) mass is 212 g/mol. The molecule has 0 saturated heterocycles. The Balaban J connectivity index is 2.62. The molecular weight excluding hydrogens is 200 g/mol. The van der Waals surface area contributed by atoms with E-state index in [-0.39, 0.29) is 12.3 Å². The molecule has 0 spiro atoms. The van der Waals surface area contributed by atoms with Crippen LogP contribution in [-0.4, -0.2) is 10.9 Å². The van der Waals surface area contributed by atoms with E-state index in [0.717, 1.165) is 0 Å². The van der Waals surface area contributed by atoms with Crippen molar-refractivity contribution in [2.45, 2.75) is 6.61 Å². The zero-order chi connectivity index (χ0) is 13.7. The molecule has 0 bridgehead atoms. The van der Waals surface area contributed by atoms with Gasteiger partial charge in [0.25, 0.3) is 5.69 Å². The highest BCUT2D eigenvalue weighted by atomic mass is 16.6. The first-order valence-corrected chi connectivity index (χ1v) is 3.96. The molecular formula is C10H9NO4. The van der Waals surface area contributed by atoms with Crippen LogP contribution in [0, 0.1) is 10.1 Å². The van der Waals surface area contributed by atoms with Crippen LogP contribution in [0.5, 0.6) is 0 Å². The lowest BCUT2D eigenvalue weighted by molar-refractivity contribution is -0.384. The van der Waals surface area contributed by atoms with Crippen LogP contribution in [-0.2, 0) is 16.1 Å². The summed E-state index contributed by atoms with van der Waals surface area (Å²) >= 11 is 0. The Morgan fingerprint density at radius 1 is 1.67 bits per heavy atom. The van der Waals surface area contributed by atoms with Crippen LogP contribution in [0.25, 0.3) is 0 Å². The fraction of sp³-hybridized carbons (Fsp3) is 0.100. The number of esters is 1. The highest BCUT2D eigenvalue weighted by Crippen LogP contribution is 2.12. The number of hydrogen-bond donors (Lipinski definition) is 0. The fourth-order valence-electron chi connectivity index (χ4n) is 0.899. The molecule has 0 aliphatic rings. The minimum absolute atomic E-state index is 0.0780. The van der Waals surface area contributed by atoms with Gasteiger partial charge in [-0.1, -0.05) is 6.53 Å². The molecule has 5 nitrogen and oxygen atoms in total. The second-order valence-corrected chi connectivity index (χ2v) is 2.62. The zero-order valence-corrected chi connectivity index (χ0v) is 7.60. The lowest BCUT2D eigenvalue weighted by atomic mass is 10.2. The van der Waals surface area contributed by atoms with Gasteiger partial charge in [-0.3, -0.25) is 10.1 Å². The Labute approximate surface area is 90.3 Å². The maximum Gasteiger partial charge on any atom is 0.330 e. The summed E-state index contributed by atoms with van der Waals surface area (Å²) in [4.78, 5) is 21.0. The molecule has 78 valence electrons. The van der Waals surface area contributed by atoms with Crippen LogP contribution >= 0.6 is 0 Å². The van der Waals surface area contributed by atoms with Crippen LogP contribution in [0.4, 0.5) is 5.69 Å². The molecule has 1 aromatic rings. The number of nitrogens with zero attached hydrogens (tertiary/aromatic N) is 1. The normalized spacial score (nSPS) is 11.9. The molecule has 0 unspecified atom stereocenters. The summed E-state index contributed by atoms with van der Waals surface area (Å²) in [6, 6.07) is 4.53. The van der Waals surface area contributed by atoms with Crippen molar-refractivity contribution in [3.8, 4) is 0 Å². The Bertz CT molecular complexity index is 494. The van der Waals surface area contributed by atoms with E-state index in [4.69, 9.17) is 4.11 Å². The smallest absolute Gasteiger partial charge is 0.330 e. The molecule has 0 N–H and O–H groups in total. The van der Waals surface area contributed by atoms with Crippen molar-refractivity contribution in [2.24, 2.45) is 0 Å². The van der Waals surface area contributed by atoms with Gasteiger partial charge >= 0.3 is 5.97 Å². The van der Waals surface area contributed by atoms with Gasteiger partial charge in [0.1, 0.15) is 6.61 Å². The highest BCUT2D eigenvalue weighted by Gasteiger charge is 2.04. The van der Waals surface area contributed by atoms with Crippen molar-refractivity contribution in [3.63, 3.8) is 0 Å². The first kappa shape index (κ1) is 7.17. The Hall–Kier alpha value is -2.17. The van der Waals surface area contributed by atoms with Gasteiger partial charge in [0.2, 0.25) is 0 Å². The summed E-state index contributed by atoms with van der Waals surface area (Å²) in [7, 11) is 0. The van der Waals surface area contributed by atoms with E-state index < -0.39 is 23.5 Å². The number of hydrogen-bond acceptors (Lipinski definition) is 4. The highest BCUT2D eigenvalue weighted by molar-refractivity contribution is 5.81. The van der Waals surface area contributed by atoms with Crippen molar-refractivity contribution < 1.29 is 18.6 Å². The molecule has 0 aliphatic carbocycles. The summed E-state index contributed by atoms with van der Waals surface area (Å²) < 4.78 is 25.2. The maximum atomic E-state index is 11.1. The first-order valence-electron chi connectivity index (χ1n) is 5.46. The summed E-state index contributed by atoms with van der Waals surface area (Å²) in [5, 5.41) is 10.4. The molecule has 1 aromatic carbocycles. The minimum atomic E-state index is -1.08. The Morgan fingerprint density at radius 3 is 2.87 bits per heavy atom. The Morgan fingerprint density at radius 2 is 2.33 bits per heavy atom. The predicted molar refractivity (Wildman–Crippen MR) is 53.1 cm³/mol. The third-order valence-corrected chi connectivity index (χ3v) is 1.62. The van der Waals surface area contributed by atoms with E-state index in [1.807, 2.05) is 0 Å². The van der Waals surface area contributed by atoms with Gasteiger partial charge in [-0.05, 0) is 17.7 Å². The van der Waals surface area contributed by atoms with Crippen molar-refractivity contribution in [3.05, 3.63) is 52.5 Å². The number of carbonyl (C=O) groups is 1. The Kier molecular flexibility index (Phi) is 2.34. The van der Waals surface area contributed by atoms with Gasteiger partial charge in [-0.25, -0.2) is 4.79 Å². The van der Waals surface area contributed by atoms with Crippen molar-refractivity contribution >= 4 is 11.7 Å². The minimum Gasteiger partial charge on any atom is -0.458 e.